The molecule has 3 aromatic rings. The molecule has 0 unspecified atom stereocenters. The lowest BCUT2D eigenvalue weighted by Crippen LogP contribution is -2.35. The number of nitrogens with zero attached hydrogens (tertiary/aromatic N) is 4. The number of aliphatic hydroxyl groups excluding tert-OH is 1. The predicted octanol–water partition coefficient (Wildman–Crippen LogP) is 3.72. The van der Waals surface area contributed by atoms with E-state index in [0.29, 0.717) is 5.95 Å². The second-order valence-electron chi connectivity index (χ2n) is 7.74. The Labute approximate surface area is 170 Å². The van der Waals surface area contributed by atoms with Gasteiger partial charge < -0.3 is 15.0 Å². The highest BCUT2D eigenvalue weighted by Crippen LogP contribution is 2.21. The van der Waals surface area contributed by atoms with Crippen LogP contribution in [0.15, 0.2) is 42.9 Å². The van der Waals surface area contributed by atoms with Crippen molar-refractivity contribution in [1.29, 1.82) is 0 Å². The number of aliphatic hydroxyl groups is 1. The molecule has 0 radical (unpaired) electrons. The van der Waals surface area contributed by atoms with Gasteiger partial charge in [-0.2, -0.15) is 4.98 Å². The van der Waals surface area contributed by atoms with Crippen LogP contribution in [0, 0.1) is 19.7 Å². The minimum Gasteiger partial charge on any atom is -0.393 e. The molecule has 1 aliphatic rings. The lowest BCUT2D eigenvalue weighted by atomic mass is 10.1. The number of hydrogen-bond acceptors (Lipinski definition) is 5. The topological polar surface area (TPSA) is 66.2 Å². The first kappa shape index (κ1) is 19.5. The molecule has 2 N–H and O–H groups in total. The Balaban J connectivity index is 1.55. The van der Waals surface area contributed by atoms with E-state index in [9.17, 15) is 9.50 Å². The maximum Gasteiger partial charge on any atom is 0.229 e. The second kappa shape index (κ2) is 8.31. The molecule has 1 fully saturated rings. The van der Waals surface area contributed by atoms with E-state index >= 15 is 0 Å². The average Bonchev–Trinajstić information content (AvgIpc) is 3.05. The smallest absolute Gasteiger partial charge is 0.229 e. The molecule has 2 aromatic heterocycles. The monoisotopic (exact) mass is 395 g/mol. The van der Waals surface area contributed by atoms with E-state index in [0.717, 1.165) is 54.9 Å². The molecule has 7 heteroatoms. The number of nitrogens with one attached hydrogen (secondary N) is 1. The molecule has 6 nitrogen and oxygen atoms in total. The highest BCUT2D eigenvalue weighted by atomic mass is 19.1. The van der Waals surface area contributed by atoms with Crippen LogP contribution in [0.5, 0.6) is 0 Å². The van der Waals surface area contributed by atoms with Crippen molar-refractivity contribution in [2.45, 2.75) is 39.3 Å². The minimum atomic E-state index is -0.470. The van der Waals surface area contributed by atoms with Crippen molar-refractivity contribution in [3.63, 3.8) is 0 Å². The number of likely N-dealkylation sites (tertiary alicyclic amines) is 1. The molecule has 1 aliphatic heterocycles. The van der Waals surface area contributed by atoms with E-state index in [2.05, 4.69) is 20.2 Å². The zero-order valence-electron chi connectivity index (χ0n) is 16.8. The first-order valence-electron chi connectivity index (χ1n) is 9.92. The maximum atomic E-state index is 14.5. The molecular formula is C22H26FN5O. The SMILES string of the molecule is Cc1cccc(Nc2ncc(F)c(-n3cc(C)c(CN4CCC(O)CC4)c3)n2)c1. The quantitative estimate of drug-likeness (QED) is 0.689. The van der Waals surface area contributed by atoms with Crippen molar-refractivity contribution in [2.75, 3.05) is 18.4 Å². The van der Waals surface area contributed by atoms with Crippen LogP contribution in [0.1, 0.15) is 29.5 Å². The van der Waals surface area contributed by atoms with Crippen molar-refractivity contribution in [2.24, 2.45) is 0 Å². The van der Waals surface area contributed by atoms with Crippen molar-refractivity contribution < 1.29 is 9.50 Å². The van der Waals surface area contributed by atoms with Gasteiger partial charge in [-0.05, 0) is 55.5 Å². The molecule has 0 bridgehead atoms. The lowest BCUT2D eigenvalue weighted by molar-refractivity contribution is 0.0792. The number of rotatable bonds is 5. The highest BCUT2D eigenvalue weighted by Gasteiger charge is 2.19. The summed E-state index contributed by atoms with van der Waals surface area (Å²) in [5, 5.41) is 12.8. The van der Waals surface area contributed by atoms with Gasteiger partial charge in [0.05, 0.1) is 12.3 Å². The fourth-order valence-electron chi connectivity index (χ4n) is 3.66. The van der Waals surface area contributed by atoms with Crippen LogP contribution < -0.4 is 5.32 Å². The van der Waals surface area contributed by atoms with Crippen LogP contribution in [0.25, 0.3) is 5.82 Å². The summed E-state index contributed by atoms with van der Waals surface area (Å²) in [5.41, 5.74) is 4.20. The molecule has 0 atom stereocenters. The Bertz CT molecular complexity index is 995. The standard InChI is InChI=1S/C22H26FN5O/c1-15-4-3-5-18(10-15)25-22-24-11-20(23)21(26-22)28-12-16(2)17(14-28)13-27-8-6-19(29)7-9-27/h3-5,10-12,14,19,29H,6-9,13H2,1-2H3,(H,24,25,26). The third-order valence-corrected chi connectivity index (χ3v) is 5.33. The van der Waals surface area contributed by atoms with E-state index in [1.54, 1.807) is 4.57 Å². The van der Waals surface area contributed by atoms with Gasteiger partial charge in [0.1, 0.15) is 0 Å². The van der Waals surface area contributed by atoms with Crippen molar-refractivity contribution in [3.05, 3.63) is 65.4 Å². The third-order valence-electron chi connectivity index (χ3n) is 5.33. The summed E-state index contributed by atoms with van der Waals surface area (Å²) < 4.78 is 16.2. The molecule has 0 saturated carbocycles. The molecule has 4 rings (SSSR count). The Morgan fingerprint density at radius 2 is 2.00 bits per heavy atom. The zero-order chi connectivity index (χ0) is 20.4. The fraction of sp³-hybridized carbons (Fsp3) is 0.364. The average molecular weight is 395 g/mol. The summed E-state index contributed by atoms with van der Waals surface area (Å²) in [6.45, 7) is 6.56. The molecule has 152 valence electrons. The first-order chi connectivity index (χ1) is 14.0. The van der Waals surface area contributed by atoms with E-state index in [1.807, 2.05) is 50.5 Å². The van der Waals surface area contributed by atoms with E-state index in [4.69, 9.17) is 0 Å². The van der Waals surface area contributed by atoms with Gasteiger partial charge in [0.15, 0.2) is 11.6 Å². The van der Waals surface area contributed by atoms with E-state index in [1.165, 1.54) is 6.20 Å². The van der Waals surface area contributed by atoms with Crippen LogP contribution in [0.4, 0.5) is 16.0 Å². The van der Waals surface area contributed by atoms with Gasteiger partial charge in [0.2, 0.25) is 5.95 Å². The van der Waals surface area contributed by atoms with Crippen LogP contribution in [0.3, 0.4) is 0 Å². The molecular weight excluding hydrogens is 369 g/mol. The summed E-state index contributed by atoms with van der Waals surface area (Å²) in [6.07, 6.45) is 6.44. The predicted molar refractivity (Wildman–Crippen MR) is 111 cm³/mol. The molecule has 1 aromatic carbocycles. The van der Waals surface area contributed by atoms with Crippen molar-refractivity contribution in [3.8, 4) is 5.82 Å². The van der Waals surface area contributed by atoms with Gasteiger partial charge in [-0.25, -0.2) is 9.37 Å². The summed E-state index contributed by atoms with van der Waals surface area (Å²) in [6, 6.07) is 7.87. The number of hydrogen-bond donors (Lipinski definition) is 2. The largest absolute Gasteiger partial charge is 0.393 e. The zero-order valence-corrected chi connectivity index (χ0v) is 16.8. The molecule has 0 spiro atoms. The normalized spacial score (nSPS) is 15.6. The van der Waals surface area contributed by atoms with Crippen molar-refractivity contribution in [1.82, 2.24) is 19.4 Å². The number of halogens is 1. The van der Waals surface area contributed by atoms with Crippen LogP contribution in [0.2, 0.25) is 0 Å². The molecule has 29 heavy (non-hydrogen) atoms. The van der Waals surface area contributed by atoms with Gasteiger partial charge in [-0.3, -0.25) is 4.90 Å². The minimum absolute atomic E-state index is 0.189. The summed E-state index contributed by atoms with van der Waals surface area (Å²) in [5.74, 6) is 0.103. The van der Waals surface area contributed by atoms with Gasteiger partial charge in [-0.1, -0.05) is 12.1 Å². The molecule has 3 heterocycles. The lowest BCUT2D eigenvalue weighted by Gasteiger charge is -2.29. The molecule has 0 amide bonds. The van der Waals surface area contributed by atoms with Crippen LogP contribution >= 0.6 is 0 Å². The van der Waals surface area contributed by atoms with Crippen LogP contribution in [-0.2, 0) is 6.54 Å². The molecule has 1 saturated heterocycles. The van der Waals surface area contributed by atoms with E-state index in [-0.39, 0.29) is 11.9 Å². The fourth-order valence-corrected chi connectivity index (χ4v) is 3.66. The summed E-state index contributed by atoms with van der Waals surface area (Å²) >= 11 is 0. The number of aryl methyl sites for hydroxylation is 2. The van der Waals surface area contributed by atoms with Crippen LogP contribution in [-0.4, -0.2) is 43.7 Å². The third kappa shape index (κ3) is 4.63. The van der Waals surface area contributed by atoms with Gasteiger partial charge in [0.25, 0.3) is 0 Å². The number of aromatic nitrogens is 3. The van der Waals surface area contributed by atoms with E-state index < -0.39 is 5.82 Å². The maximum absolute atomic E-state index is 14.5. The van der Waals surface area contributed by atoms with Gasteiger partial charge in [-0.15, -0.1) is 0 Å². The Hall–Kier alpha value is -2.77. The van der Waals surface area contributed by atoms with Gasteiger partial charge in [0, 0.05) is 37.7 Å². The first-order valence-corrected chi connectivity index (χ1v) is 9.92. The Kier molecular flexibility index (Phi) is 5.60. The van der Waals surface area contributed by atoms with Gasteiger partial charge >= 0.3 is 0 Å². The second-order valence-corrected chi connectivity index (χ2v) is 7.74. The number of piperidine rings is 1. The van der Waals surface area contributed by atoms with Crippen molar-refractivity contribution >= 4 is 11.6 Å². The Morgan fingerprint density at radius 1 is 1.21 bits per heavy atom. The number of benzene rings is 1. The number of anilines is 2. The molecule has 0 aliphatic carbocycles. The summed E-state index contributed by atoms with van der Waals surface area (Å²) in [4.78, 5) is 10.8. The summed E-state index contributed by atoms with van der Waals surface area (Å²) in [7, 11) is 0. The highest BCUT2D eigenvalue weighted by molar-refractivity contribution is 5.54. The Morgan fingerprint density at radius 3 is 2.76 bits per heavy atom.